The largest absolute Gasteiger partial charge is 0.388 e. The number of aliphatic hydroxyl groups excluding tert-OH is 1. The van der Waals surface area contributed by atoms with Gasteiger partial charge < -0.3 is 9.84 Å². The zero-order chi connectivity index (χ0) is 11.5. The van der Waals surface area contributed by atoms with Crippen LogP contribution in [0.15, 0.2) is 18.2 Å². The fourth-order valence-corrected chi connectivity index (χ4v) is 2.10. The number of aliphatic hydroxyl groups is 1. The minimum absolute atomic E-state index is 0.0503. The Morgan fingerprint density at radius 3 is 2.94 bits per heavy atom. The molecule has 1 saturated heterocycles. The van der Waals surface area contributed by atoms with E-state index in [-0.39, 0.29) is 10.9 Å². The Hall–Kier alpha value is -0.640. The standard InChI is InChI=1S/C12H14ClFO2/c13-10-4-3-8(6-11(10)14)12(15)9-2-1-5-16-7-9/h3-4,6,9,12,15H,1-2,5,7H2. The van der Waals surface area contributed by atoms with E-state index >= 15 is 0 Å². The van der Waals surface area contributed by atoms with E-state index in [9.17, 15) is 9.50 Å². The normalized spacial score (nSPS) is 23.1. The molecule has 1 aromatic rings. The number of benzene rings is 1. The van der Waals surface area contributed by atoms with Gasteiger partial charge in [0.2, 0.25) is 0 Å². The molecular formula is C12H14ClFO2. The highest BCUT2D eigenvalue weighted by atomic mass is 35.5. The zero-order valence-corrected chi connectivity index (χ0v) is 9.58. The van der Waals surface area contributed by atoms with Crippen molar-refractivity contribution in [1.82, 2.24) is 0 Å². The summed E-state index contributed by atoms with van der Waals surface area (Å²) in [5.41, 5.74) is 0.567. The lowest BCUT2D eigenvalue weighted by Crippen LogP contribution is -2.23. The third-order valence-corrected chi connectivity index (χ3v) is 3.23. The van der Waals surface area contributed by atoms with E-state index in [4.69, 9.17) is 16.3 Å². The molecule has 0 saturated carbocycles. The minimum Gasteiger partial charge on any atom is -0.388 e. The maximum atomic E-state index is 13.2. The van der Waals surface area contributed by atoms with Crippen molar-refractivity contribution in [2.45, 2.75) is 18.9 Å². The van der Waals surface area contributed by atoms with Crippen molar-refractivity contribution in [2.24, 2.45) is 5.92 Å². The number of hydrogen-bond donors (Lipinski definition) is 1. The molecule has 1 aromatic carbocycles. The van der Waals surface area contributed by atoms with E-state index in [1.54, 1.807) is 6.07 Å². The highest BCUT2D eigenvalue weighted by molar-refractivity contribution is 6.30. The maximum absolute atomic E-state index is 13.2. The van der Waals surface area contributed by atoms with Gasteiger partial charge in [0.05, 0.1) is 17.7 Å². The average Bonchev–Trinajstić information content (AvgIpc) is 2.33. The zero-order valence-electron chi connectivity index (χ0n) is 8.83. The molecule has 2 unspecified atom stereocenters. The van der Waals surface area contributed by atoms with Crippen molar-refractivity contribution in [1.29, 1.82) is 0 Å². The predicted molar refractivity (Wildman–Crippen MR) is 59.9 cm³/mol. The lowest BCUT2D eigenvalue weighted by Gasteiger charge is -2.27. The molecule has 2 rings (SSSR count). The van der Waals surface area contributed by atoms with Crippen LogP contribution in [-0.2, 0) is 4.74 Å². The van der Waals surface area contributed by atoms with Gasteiger partial charge in [-0.2, -0.15) is 0 Å². The van der Waals surface area contributed by atoms with Gasteiger partial charge >= 0.3 is 0 Å². The van der Waals surface area contributed by atoms with Crippen molar-refractivity contribution in [3.63, 3.8) is 0 Å². The topological polar surface area (TPSA) is 29.5 Å². The van der Waals surface area contributed by atoms with Gasteiger partial charge in [-0.1, -0.05) is 17.7 Å². The fraction of sp³-hybridized carbons (Fsp3) is 0.500. The smallest absolute Gasteiger partial charge is 0.142 e. The summed E-state index contributed by atoms with van der Waals surface area (Å²) in [6.45, 7) is 1.28. The molecule has 1 heterocycles. The van der Waals surface area contributed by atoms with Crippen molar-refractivity contribution in [2.75, 3.05) is 13.2 Å². The molecule has 1 fully saturated rings. The summed E-state index contributed by atoms with van der Waals surface area (Å²) in [5.74, 6) is -0.440. The number of halogens is 2. The minimum atomic E-state index is -0.674. The van der Waals surface area contributed by atoms with E-state index in [2.05, 4.69) is 0 Å². The Morgan fingerprint density at radius 2 is 2.31 bits per heavy atom. The molecule has 16 heavy (non-hydrogen) atoms. The SMILES string of the molecule is OC(c1ccc(Cl)c(F)c1)C1CCCOC1. The van der Waals surface area contributed by atoms with E-state index in [1.807, 2.05) is 0 Å². The molecule has 0 radical (unpaired) electrons. The van der Waals surface area contributed by atoms with Crippen LogP contribution >= 0.6 is 11.6 Å². The first-order valence-electron chi connectivity index (χ1n) is 5.39. The van der Waals surface area contributed by atoms with Crippen LogP contribution in [0.1, 0.15) is 24.5 Å². The average molecular weight is 245 g/mol. The van der Waals surface area contributed by atoms with Crippen LogP contribution in [0, 0.1) is 11.7 Å². The summed E-state index contributed by atoms with van der Waals surface area (Å²) < 4.78 is 18.5. The van der Waals surface area contributed by atoms with Crippen LogP contribution in [0.2, 0.25) is 5.02 Å². The molecule has 0 aromatic heterocycles. The van der Waals surface area contributed by atoms with Crippen molar-refractivity contribution < 1.29 is 14.2 Å². The molecule has 0 spiro atoms. The fourth-order valence-electron chi connectivity index (χ4n) is 1.98. The Morgan fingerprint density at radius 1 is 1.50 bits per heavy atom. The summed E-state index contributed by atoms with van der Waals surface area (Å²) in [5, 5.41) is 10.2. The summed E-state index contributed by atoms with van der Waals surface area (Å²) >= 11 is 5.59. The van der Waals surface area contributed by atoms with E-state index in [0.717, 1.165) is 19.4 Å². The molecule has 2 nitrogen and oxygen atoms in total. The van der Waals surface area contributed by atoms with Crippen LogP contribution in [0.25, 0.3) is 0 Å². The van der Waals surface area contributed by atoms with E-state index < -0.39 is 11.9 Å². The van der Waals surface area contributed by atoms with Crippen molar-refractivity contribution in [3.8, 4) is 0 Å². The lowest BCUT2D eigenvalue weighted by atomic mass is 9.91. The molecule has 0 amide bonds. The first-order chi connectivity index (χ1) is 7.68. The molecule has 4 heteroatoms. The molecule has 1 aliphatic rings. The Bertz CT molecular complexity index is 364. The quantitative estimate of drug-likeness (QED) is 0.867. The van der Waals surface area contributed by atoms with E-state index in [0.29, 0.717) is 12.2 Å². The monoisotopic (exact) mass is 244 g/mol. The van der Waals surface area contributed by atoms with Gasteiger partial charge in [0.15, 0.2) is 0 Å². The van der Waals surface area contributed by atoms with Crippen LogP contribution in [0.3, 0.4) is 0 Å². The summed E-state index contributed by atoms with van der Waals surface area (Å²) in [6.07, 6.45) is 1.18. The van der Waals surface area contributed by atoms with Gasteiger partial charge in [0.25, 0.3) is 0 Å². The molecule has 1 aliphatic heterocycles. The molecule has 2 atom stereocenters. The molecule has 0 bridgehead atoms. The van der Waals surface area contributed by atoms with Crippen molar-refractivity contribution >= 4 is 11.6 Å². The van der Waals surface area contributed by atoms with Crippen molar-refractivity contribution in [3.05, 3.63) is 34.6 Å². The van der Waals surface area contributed by atoms with Crippen LogP contribution in [-0.4, -0.2) is 18.3 Å². The summed E-state index contributed by atoms with van der Waals surface area (Å²) in [7, 11) is 0. The van der Waals surface area contributed by atoms with Crippen LogP contribution in [0.5, 0.6) is 0 Å². The summed E-state index contributed by atoms with van der Waals surface area (Å²) in [6, 6.07) is 4.42. The Labute approximate surface area is 99.0 Å². The number of ether oxygens (including phenoxy) is 1. The molecule has 0 aliphatic carbocycles. The Kier molecular flexibility index (Phi) is 3.79. The molecule has 88 valence electrons. The van der Waals surface area contributed by atoms with Gasteiger partial charge in [-0.05, 0) is 30.5 Å². The number of rotatable bonds is 2. The van der Waals surface area contributed by atoms with E-state index in [1.165, 1.54) is 12.1 Å². The Balaban J connectivity index is 2.12. The second-order valence-electron chi connectivity index (χ2n) is 4.10. The highest BCUT2D eigenvalue weighted by Crippen LogP contribution is 2.30. The second-order valence-corrected chi connectivity index (χ2v) is 4.50. The van der Waals surface area contributed by atoms with Crippen LogP contribution in [0.4, 0.5) is 4.39 Å². The number of hydrogen-bond acceptors (Lipinski definition) is 2. The third kappa shape index (κ3) is 2.54. The van der Waals surface area contributed by atoms with Crippen LogP contribution < -0.4 is 0 Å². The second kappa shape index (κ2) is 5.13. The third-order valence-electron chi connectivity index (χ3n) is 2.93. The van der Waals surface area contributed by atoms with Gasteiger partial charge in [-0.15, -0.1) is 0 Å². The van der Waals surface area contributed by atoms with Gasteiger partial charge in [-0.25, -0.2) is 4.39 Å². The van der Waals surface area contributed by atoms with Gasteiger partial charge in [0, 0.05) is 12.5 Å². The highest BCUT2D eigenvalue weighted by Gasteiger charge is 2.24. The molecule has 1 N–H and O–H groups in total. The van der Waals surface area contributed by atoms with Gasteiger partial charge in [-0.3, -0.25) is 0 Å². The lowest BCUT2D eigenvalue weighted by molar-refractivity contribution is -0.0101. The molecular weight excluding hydrogens is 231 g/mol. The predicted octanol–water partition coefficient (Wildman–Crippen LogP) is 2.94. The first kappa shape index (κ1) is 11.8. The summed E-state index contributed by atoms with van der Waals surface area (Å²) in [4.78, 5) is 0. The maximum Gasteiger partial charge on any atom is 0.142 e. The van der Waals surface area contributed by atoms with Gasteiger partial charge in [0.1, 0.15) is 5.82 Å². The first-order valence-corrected chi connectivity index (χ1v) is 5.77.